The number of thiazole rings is 1. The molecule has 32 heavy (non-hydrogen) atoms. The number of anilines is 1. The quantitative estimate of drug-likeness (QED) is 0.219. The fourth-order valence-corrected chi connectivity index (χ4v) is 3.96. The Kier molecular flexibility index (Phi) is 6.53. The molecule has 1 atom stereocenters. The van der Waals surface area contributed by atoms with Crippen molar-refractivity contribution in [2.75, 3.05) is 5.32 Å². The minimum absolute atomic E-state index is 0.0693. The fraction of sp³-hybridized carbons (Fsp3) is 0.300. The third kappa shape index (κ3) is 4.59. The van der Waals surface area contributed by atoms with Gasteiger partial charge in [0.1, 0.15) is 16.8 Å². The monoisotopic (exact) mass is 458 g/mol. The highest BCUT2D eigenvalue weighted by atomic mass is 32.1. The molecule has 3 aromatic rings. The van der Waals surface area contributed by atoms with Gasteiger partial charge in [0, 0.05) is 0 Å². The van der Waals surface area contributed by atoms with Crippen LogP contribution in [0.15, 0.2) is 39.0 Å². The highest BCUT2D eigenvalue weighted by Gasteiger charge is 2.29. The molecule has 0 spiro atoms. The number of fused-ring (bicyclic) bond motifs is 1. The maximum Gasteiger partial charge on any atom is 0.377 e. The zero-order chi connectivity index (χ0) is 23.6. The number of hydrogen-bond acceptors (Lipinski definition) is 8. The first-order valence-electron chi connectivity index (χ1n) is 9.63. The topological polar surface area (TPSA) is 162 Å². The summed E-state index contributed by atoms with van der Waals surface area (Å²) in [7, 11) is 0. The molecule has 0 saturated heterocycles. The number of aromatic nitrogens is 3. The van der Waals surface area contributed by atoms with Gasteiger partial charge in [-0.1, -0.05) is 42.5 Å². The van der Waals surface area contributed by atoms with Crippen molar-refractivity contribution >= 4 is 45.1 Å². The van der Waals surface area contributed by atoms with Gasteiger partial charge in [-0.15, -0.1) is 0 Å². The predicted molar refractivity (Wildman–Crippen MR) is 121 cm³/mol. The second kappa shape index (κ2) is 9.14. The van der Waals surface area contributed by atoms with Gasteiger partial charge in [0.15, 0.2) is 5.13 Å². The number of amidine groups is 1. The SMILES string of the molecule is C/C(N)=N\OC(=O)c1sc(NC(=O)C(C(C)C)n2c(=O)[nH]c3ccccc3c2=O)nc1C. The van der Waals surface area contributed by atoms with E-state index in [2.05, 4.69) is 20.4 Å². The summed E-state index contributed by atoms with van der Waals surface area (Å²) < 4.78 is 0.900. The van der Waals surface area contributed by atoms with Crippen LogP contribution in [-0.2, 0) is 9.63 Å². The van der Waals surface area contributed by atoms with Crippen molar-refractivity contribution in [1.29, 1.82) is 0 Å². The van der Waals surface area contributed by atoms with Crippen molar-refractivity contribution in [1.82, 2.24) is 14.5 Å². The number of oxime groups is 1. The Morgan fingerprint density at radius 1 is 1.28 bits per heavy atom. The first-order chi connectivity index (χ1) is 15.1. The van der Waals surface area contributed by atoms with Crippen LogP contribution in [0.2, 0.25) is 0 Å². The van der Waals surface area contributed by atoms with Crippen LogP contribution >= 0.6 is 11.3 Å². The highest BCUT2D eigenvalue weighted by molar-refractivity contribution is 7.17. The van der Waals surface area contributed by atoms with E-state index < -0.39 is 35.1 Å². The van der Waals surface area contributed by atoms with Crippen LogP contribution in [0.25, 0.3) is 10.9 Å². The molecule has 0 fully saturated rings. The van der Waals surface area contributed by atoms with E-state index in [1.165, 1.54) is 6.92 Å². The standard InChI is InChI=1S/C20H22N6O5S/c1-9(2)14(26-17(28)12-7-5-6-8-13(12)23-20(26)30)16(27)24-19-22-10(3)15(32-19)18(29)31-25-11(4)21/h5-9,14H,1-4H3,(H2,21,25)(H,23,30)(H,22,24,27). The molecule has 4 N–H and O–H groups in total. The van der Waals surface area contributed by atoms with E-state index >= 15 is 0 Å². The molecule has 2 heterocycles. The van der Waals surface area contributed by atoms with Crippen LogP contribution in [0.5, 0.6) is 0 Å². The fourth-order valence-electron chi connectivity index (χ4n) is 3.12. The molecule has 1 amide bonds. The van der Waals surface area contributed by atoms with E-state index in [1.54, 1.807) is 45.0 Å². The number of amides is 1. The molecule has 12 heteroatoms. The number of nitrogens with zero attached hydrogens (tertiary/aromatic N) is 3. The molecular formula is C20H22N6O5S. The zero-order valence-electron chi connectivity index (χ0n) is 17.8. The summed E-state index contributed by atoms with van der Waals surface area (Å²) in [5, 5.41) is 6.40. The molecule has 0 aliphatic carbocycles. The summed E-state index contributed by atoms with van der Waals surface area (Å²) >= 11 is 0.882. The Hall–Kier alpha value is -3.80. The Bertz CT molecular complexity index is 1330. The number of carbonyl (C=O) groups is 2. The zero-order valence-corrected chi connectivity index (χ0v) is 18.6. The molecule has 0 bridgehead atoms. The van der Waals surface area contributed by atoms with E-state index in [9.17, 15) is 19.2 Å². The molecule has 0 radical (unpaired) electrons. The number of rotatable bonds is 6. The van der Waals surface area contributed by atoms with Crippen LogP contribution in [0.4, 0.5) is 5.13 Å². The van der Waals surface area contributed by atoms with E-state index in [0.717, 1.165) is 15.9 Å². The molecule has 168 valence electrons. The first-order valence-corrected chi connectivity index (χ1v) is 10.4. The van der Waals surface area contributed by atoms with Crippen LogP contribution in [0, 0.1) is 12.8 Å². The Morgan fingerprint density at radius 2 is 1.97 bits per heavy atom. The van der Waals surface area contributed by atoms with Crippen molar-refractivity contribution < 1.29 is 14.4 Å². The number of aryl methyl sites for hydroxylation is 1. The lowest BCUT2D eigenvalue weighted by Crippen LogP contribution is -2.44. The molecule has 1 aromatic carbocycles. The van der Waals surface area contributed by atoms with E-state index in [0.29, 0.717) is 11.2 Å². The van der Waals surface area contributed by atoms with Crippen LogP contribution in [-0.4, -0.2) is 32.2 Å². The summed E-state index contributed by atoms with van der Waals surface area (Å²) in [4.78, 5) is 62.5. The van der Waals surface area contributed by atoms with Gasteiger partial charge >= 0.3 is 11.7 Å². The van der Waals surface area contributed by atoms with Crippen molar-refractivity contribution in [2.45, 2.75) is 33.7 Å². The average Bonchev–Trinajstić information content (AvgIpc) is 3.08. The molecule has 11 nitrogen and oxygen atoms in total. The lowest BCUT2D eigenvalue weighted by atomic mass is 10.0. The van der Waals surface area contributed by atoms with Crippen molar-refractivity contribution in [3.63, 3.8) is 0 Å². The Balaban J connectivity index is 1.94. The Morgan fingerprint density at radius 3 is 2.62 bits per heavy atom. The third-order valence-electron chi connectivity index (χ3n) is 4.50. The molecule has 3 rings (SSSR count). The number of aromatic amines is 1. The maximum atomic E-state index is 13.1. The van der Waals surface area contributed by atoms with Gasteiger partial charge in [0.05, 0.1) is 16.6 Å². The van der Waals surface area contributed by atoms with Gasteiger partial charge in [-0.2, -0.15) is 0 Å². The minimum Gasteiger partial charge on any atom is -0.385 e. The number of hydrogen-bond donors (Lipinski definition) is 3. The number of nitrogens with two attached hydrogens (primary N) is 1. The van der Waals surface area contributed by atoms with E-state index in [4.69, 9.17) is 10.6 Å². The highest BCUT2D eigenvalue weighted by Crippen LogP contribution is 2.25. The molecule has 0 aliphatic rings. The largest absolute Gasteiger partial charge is 0.385 e. The summed E-state index contributed by atoms with van der Waals surface area (Å²) in [5.41, 5.74) is 4.78. The van der Waals surface area contributed by atoms with Gasteiger partial charge in [-0.25, -0.2) is 19.1 Å². The molecule has 1 unspecified atom stereocenters. The predicted octanol–water partition coefficient (Wildman–Crippen LogP) is 1.74. The second-order valence-electron chi connectivity index (χ2n) is 7.37. The van der Waals surface area contributed by atoms with Crippen LogP contribution < -0.4 is 22.3 Å². The van der Waals surface area contributed by atoms with Gasteiger partial charge in [-0.3, -0.25) is 9.59 Å². The molecule has 2 aromatic heterocycles. The molecule has 0 saturated carbocycles. The number of carbonyl (C=O) groups excluding carboxylic acids is 2. The van der Waals surface area contributed by atoms with Crippen LogP contribution in [0.1, 0.15) is 42.2 Å². The number of para-hydroxylation sites is 1. The lowest BCUT2D eigenvalue weighted by Gasteiger charge is -2.21. The number of benzene rings is 1. The number of nitrogens with one attached hydrogen (secondary N) is 2. The van der Waals surface area contributed by atoms with Gasteiger partial charge in [-0.05, 0) is 31.9 Å². The summed E-state index contributed by atoms with van der Waals surface area (Å²) in [6.07, 6.45) is 0. The molecule has 0 aliphatic heterocycles. The van der Waals surface area contributed by atoms with Crippen molar-refractivity contribution in [3.05, 3.63) is 55.7 Å². The number of H-pyrrole nitrogens is 1. The molecular weight excluding hydrogens is 436 g/mol. The maximum absolute atomic E-state index is 13.1. The second-order valence-corrected chi connectivity index (χ2v) is 8.37. The van der Waals surface area contributed by atoms with Crippen LogP contribution in [0.3, 0.4) is 0 Å². The van der Waals surface area contributed by atoms with E-state index in [-0.39, 0.29) is 21.2 Å². The smallest absolute Gasteiger partial charge is 0.377 e. The summed E-state index contributed by atoms with van der Waals surface area (Å²) in [6.45, 7) is 6.46. The first kappa shape index (κ1) is 22.9. The summed E-state index contributed by atoms with van der Waals surface area (Å²) in [6, 6.07) is 5.45. The van der Waals surface area contributed by atoms with Gasteiger partial charge in [0.2, 0.25) is 5.91 Å². The summed E-state index contributed by atoms with van der Waals surface area (Å²) in [5.74, 6) is -1.72. The van der Waals surface area contributed by atoms with Gasteiger partial charge < -0.3 is 20.9 Å². The Labute approximate surface area is 185 Å². The lowest BCUT2D eigenvalue weighted by molar-refractivity contribution is -0.120. The normalized spacial score (nSPS) is 12.7. The van der Waals surface area contributed by atoms with Crippen molar-refractivity contribution in [2.24, 2.45) is 16.8 Å². The minimum atomic E-state index is -1.11. The average molecular weight is 459 g/mol. The van der Waals surface area contributed by atoms with Gasteiger partial charge in [0.25, 0.3) is 5.56 Å². The van der Waals surface area contributed by atoms with E-state index in [1.807, 2.05) is 0 Å². The third-order valence-corrected chi connectivity index (χ3v) is 5.55. The van der Waals surface area contributed by atoms with Crippen molar-refractivity contribution in [3.8, 4) is 0 Å².